The molecule has 3 rings (SSSR count). The van der Waals surface area contributed by atoms with Crippen molar-refractivity contribution >= 4 is 33.2 Å². The maximum atomic E-state index is 14.5. The van der Waals surface area contributed by atoms with Gasteiger partial charge in [0.15, 0.2) is 0 Å². The second kappa shape index (κ2) is 13.0. The Morgan fingerprint density at radius 2 is 1.69 bits per heavy atom. The van der Waals surface area contributed by atoms with Gasteiger partial charge >= 0.3 is 0 Å². The summed E-state index contributed by atoms with van der Waals surface area (Å²) >= 11 is 0. The predicted octanol–water partition coefficient (Wildman–Crippen LogP) is 3.87. The van der Waals surface area contributed by atoms with Gasteiger partial charge in [0.25, 0.3) is 15.7 Å². The molecule has 0 saturated heterocycles. The Hall–Kier alpha value is -4.32. The number of rotatable bonds is 12. The highest BCUT2D eigenvalue weighted by Crippen LogP contribution is 2.27. The molecular weight excluding hydrogens is 527 g/mol. The van der Waals surface area contributed by atoms with Gasteiger partial charge in [0.1, 0.15) is 18.4 Å². The molecule has 1 N–H and O–H groups in total. The van der Waals surface area contributed by atoms with Crippen LogP contribution in [0.1, 0.15) is 25.8 Å². The summed E-state index contributed by atoms with van der Waals surface area (Å²) in [5.41, 5.74) is -0.354. The molecule has 0 saturated carbocycles. The number of non-ortho nitro benzene ring substituents is 1. The molecular formula is C27H29FN4O6S. The summed E-state index contributed by atoms with van der Waals surface area (Å²) in [5, 5.41) is 14.1. The van der Waals surface area contributed by atoms with Crippen molar-refractivity contribution in [3.05, 3.63) is 100 Å². The van der Waals surface area contributed by atoms with Crippen LogP contribution in [0, 0.1) is 15.9 Å². The number of sulfonamides is 1. The van der Waals surface area contributed by atoms with Crippen molar-refractivity contribution in [2.75, 3.05) is 17.4 Å². The fourth-order valence-electron chi connectivity index (χ4n) is 3.80. The van der Waals surface area contributed by atoms with Crippen molar-refractivity contribution < 1.29 is 27.3 Å². The van der Waals surface area contributed by atoms with E-state index in [4.69, 9.17) is 0 Å². The van der Waals surface area contributed by atoms with Crippen molar-refractivity contribution in [2.45, 2.75) is 37.8 Å². The standard InChI is InChI=1S/C27H29FN4O6S/c1-3-16-29-27(34)20(2)30(18-21-10-7-8-15-25(21)28)26(33)19-31(22-11-9-12-23(17-22)32(35)36)39(37,38)24-13-5-4-6-14-24/h4-15,17,20H,3,16,18-19H2,1-2H3,(H,29,34)/t20-/m1/s1. The number of nitro groups is 1. The monoisotopic (exact) mass is 556 g/mol. The molecule has 12 heteroatoms. The third-order valence-corrected chi connectivity index (χ3v) is 7.74. The molecule has 0 fully saturated rings. The topological polar surface area (TPSA) is 130 Å². The fraction of sp³-hybridized carbons (Fsp3) is 0.259. The van der Waals surface area contributed by atoms with E-state index in [0.717, 1.165) is 15.3 Å². The number of amides is 2. The molecule has 0 spiro atoms. The molecule has 39 heavy (non-hydrogen) atoms. The van der Waals surface area contributed by atoms with E-state index in [1.165, 1.54) is 67.6 Å². The van der Waals surface area contributed by atoms with Gasteiger partial charge in [-0.1, -0.05) is 49.4 Å². The Balaban J connectivity index is 2.06. The Kier molecular flexibility index (Phi) is 9.72. The van der Waals surface area contributed by atoms with E-state index in [0.29, 0.717) is 13.0 Å². The Bertz CT molecular complexity index is 1430. The number of carbonyl (C=O) groups is 2. The number of carbonyl (C=O) groups excluding carboxylic acids is 2. The van der Waals surface area contributed by atoms with E-state index >= 15 is 0 Å². The van der Waals surface area contributed by atoms with E-state index in [2.05, 4.69) is 5.32 Å². The van der Waals surface area contributed by atoms with Gasteiger partial charge in [0.05, 0.1) is 15.5 Å². The van der Waals surface area contributed by atoms with Crippen molar-refractivity contribution in [2.24, 2.45) is 0 Å². The molecule has 2 amide bonds. The summed E-state index contributed by atoms with van der Waals surface area (Å²) in [4.78, 5) is 38.2. The van der Waals surface area contributed by atoms with Crippen LogP contribution >= 0.6 is 0 Å². The third kappa shape index (κ3) is 7.17. The molecule has 0 aromatic heterocycles. The van der Waals surface area contributed by atoms with Crippen LogP contribution in [0.4, 0.5) is 15.8 Å². The average Bonchev–Trinajstić information content (AvgIpc) is 2.94. The molecule has 1 atom stereocenters. The zero-order chi connectivity index (χ0) is 28.6. The van der Waals surface area contributed by atoms with Crippen LogP contribution in [-0.2, 0) is 26.2 Å². The van der Waals surface area contributed by atoms with E-state index in [1.54, 1.807) is 12.1 Å². The first-order valence-corrected chi connectivity index (χ1v) is 13.6. The van der Waals surface area contributed by atoms with Gasteiger partial charge < -0.3 is 10.2 Å². The average molecular weight is 557 g/mol. The summed E-state index contributed by atoms with van der Waals surface area (Å²) in [6.07, 6.45) is 0.648. The van der Waals surface area contributed by atoms with Crippen molar-refractivity contribution in [3.8, 4) is 0 Å². The van der Waals surface area contributed by atoms with E-state index in [9.17, 15) is 32.5 Å². The summed E-state index contributed by atoms with van der Waals surface area (Å²) in [6, 6.07) is 16.9. The molecule has 10 nitrogen and oxygen atoms in total. The van der Waals surface area contributed by atoms with Gasteiger partial charge in [-0.2, -0.15) is 0 Å². The Labute approximate surface area is 226 Å². The molecule has 3 aromatic carbocycles. The molecule has 0 unspecified atom stereocenters. The maximum Gasteiger partial charge on any atom is 0.271 e. The summed E-state index contributed by atoms with van der Waals surface area (Å²) in [6.45, 7) is 2.58. The van der Waals surface area contributed by atoms with Gasteiger partial charge in [-0.3, -0.25) is 24.0 Å². The SMILES string of the molecule is CCCNC(=O)[C@@H](C)N(Cc1ccccc1F)C(=O)CN(c1cccc([N+](=O)[O-])c1)S(=O)(=O)c1ccccc1. The van der Waals surface area contributed by atoms with Gasteiger partial charge in [-0.15, -0.1) is 0 Å². The van der Waals surface area contributed by atoms with E-state index in [-0.39, 0.29) is 28.4 Å². The summed E-state index contributed by atoms with van der Waals surface area (Å²) < 4.78 is 42.6. The van der Waals surface area contributed by atoms with Crippen LogP contribution < -0.4 is 9.62 Å². The van der Waals surface area contributed by atoms with Gasteiger partial charge in [0, 0.05) is 30.8 Å². The zero-order valence-corrected chi connectivity index (χ0v) is 22.3. The number of hydrogen-bond acceptors (Lipinski definition) is 6. The highest BCUT2D eigenvalue weighted by atomic mass is 32.2. The minimum absolute atomic E-state index is 0.115. The third-order valence-electron chi connectivity index (χ3n) is 5.95. The van der Waals surface area contributed by atoms with Gasteiger partial charge in [-0.25, -0.2) is 12.8 Å². The lowest BCUT2D eigenvalue weighted by atomic mass is 10.1. The molecule has 0 bridgehead atoms. The van der Waals surface area contributed by atoms with Crippen LogP contribution in [0.15, 0.2) is 83.8 Å². The molecule has 0 aliphatic rings. The lowest BCUT2D eigenvalue weighted by Crippen LogP contribution is -2.51. The number of nitro benzene ring substituents is 1. The van der Waals surface area contributed by atoms with Crippen LogP contribution in [-0.4, -0.2) is 49.2 Å². The van der Waals surface area contributed by atoms with Gasteiger partial charge in [-0.05, 0) is 37.6 Å². The molecule has 3 aromatic rings. The van der Waals surface area contributed by atoms with Crippen LogP contribution in [0.25, 0.3) is 0 Å². The minimum Gasteiger partial charge on any atom is -0.354 e. The number of anilines is 1. The zero-order valence-electron chi connectivity index (χ0n) is 21.5. The highest BCUT2D eigenvalue weighted by molar-refractivity contribution is 7.92. The van der Waals surface area contributed by atoms with E-state index < -0.39 is 45.2 Å². The van der Waals surface area contributed by atoms with Crippen LogP contribution in [0.3, 0.4) is 0 Å². The molecule has 206 valence electrons. The lowest BCUT2D eigenvalue weighted by molar-refractivity contribution is -0.384. The smallest absolute Gasteiger partial charge is 0.271 e. The second-order valence-electron chi connectivity index (χ2n) is 8.68. The number of halogens is 1. The number of nitrogens with zero attached hydrogens (tertiary/aromatic N) is 3. The van der Waals surface area contributed by atoms with E-state index in [1.807, 2.05) is 6.92 Å². The first kappa shape index (κ1) is 29.2. The van der Waals surface area contributed by atoms with Crippen molar-refractivity contribution in [3.63, 3.8) is 0 Å². The Morgan fingerprint density at radius 1 is 1.03 bits per heavy atom. The molecule has 0 heterocycles. The highest BCUT2D eigenvalue weighted by Gasteiger charge is 2.33. The molecule has 0 radical (unpaired) electrons. The van der Waals surface area contributed by atoms with Crippen molar-refractivity contribution in [1.29, 1.82) is 0 Å². The molecule has 0 aliphatic heterocycles. The lowest BCUT2D eigenvalue weighted by Gasteiger charge is -2.32. The number of hydrogen-bond donors (Lipinski definition) is 1. The Morgan fingerprint density at radius 3 is 2.33 bits per heavy atom. The second-order valence-corrected chi connectivity index (χ2v) is 10.5. The maximum absolute atomic E-state index is 14.5. The van der Waals surface area contributed by atoms with Crippen LogP contribution in [0.2, 0.25) is 0 Å². The normalized spacial score (nSPS) is 11.9. The number of nitrogens with one attached hydrogen (secondary N) is 1. The minimum atomic E-state index is -4.38. The first-order chi connectivity index (χ1) is 18.6. The quantitative estimate of drug-likeness (QED) is 0.266. The first-order valence-electron chi connectivity index (χ1n) is 12.2. The molecule has 0 aliphatic carbocycles. The van der Waals surface area contributed by atoms with Crippen LogP contribution in [0.5, 0.6) is 0 Å². The largest absolute Gasteiger partial charge is 0.354 e. The summed E-state index contributed by atoms with van der Waals surface area (Å²) in [5.74, 6) is -1.89. The number of benzene rings is 3. The predicted molar refractivity (Wildman–Crippen MR) is 144 cm³/mol. The van der Waals surface area contributed by atoms with Gasteiger partial charge in [0.2, 0.25) is 11.8 Å². The summed E-state index contributed by atoms with van der Waals surface area (Å²) in [7, 11) is -4.38. The fourth-order valence-corrected chi connectivity index (χ4v) is 5.23. The van der Waals surface area contributed by atoms with Crippen molar-refractivity contribution in [1.82, 2.24) is 10.2 Å².